The molecule has 100 valence electrons. The summed E-state index contributed by atoms with van der Waals surface area (Å²) in [6, 6.07) is 5.10. The number of thiazole rings is 1. The first-order valence-electron chi connectivity index (χ1n) is 5.64. The number of nitrogens with zero attached hydrogens (tertiary/aromatic N) is 1. The molecule has 0 aliphatic heterocycles. The van der Waals surface area contributed by atoms with Gasteiger partial charge in [0.2, 0.25) is 5.91 Å². The minimum absolute atomic E-state index is 0.151. The number of benzene rings is 1. The van der Waals surface area contributed by atoms with E-state index in [4.69, 9.17) is 23.2 Å². The van der Waals surface area contributed by atoms with Gasteiger partial charge in [0.25, 0.3) is 0 Å². The summed E-state index contributed by atoms with van der Waals surface area (Å²) in [4.78, 5) is 17.2. The zero-order valence-electron chi connectivity index (χ0n) is 10.5. The van der Waals surface area contributed by atoms with E-state index in [0.29, 0.717) is 15.7 Å². The molecule has 0 unspecified atom stereocenters. The van der Waals surface area contributed by atoms with Gasteiger partial charge in [-0.1, -0.05) is 29.3 Å². The van der Waals surface area contributed by atoms with Gasteiger partial charge in [-0.05, 0) is 26.0 Å². The van der Waals surface area contributed by atoms with Crippen molar-refractivity contribution in [3.63, 3.8) is 0 Å². The highest BCUT2D eigenvalue weighted by Crippen LogP contribution is 2.30. The number of aryl methyl sites for hydroxylation is 2. The molecule has 1 N–H and O–H groups in total. The van der Waals surface area contributed by atoms with Gasteiger partial charge in [-0.2, -0.15) is 0 Å². The largest absolute Gasteiger partial charge is 0.323 e. The lowest BCUT2D eigenvalue weighted by atomic mass is 10.2. The summed E-state index contributed by atoms with van der Waals surface area (Å²) in [6.45, 7) is 3.82. The summed E-state index contributed by atoms with van der Waals surface area (Å²) in [5.41, 5.74) is 1.35. The first-order valence-corrected chi connectivity index (χ1v) is 7.21. The van der Waals surface area contributed by atoms with E-state index in [9.17, 15) is 4.79 Å². The number of carbonyl (C=O) groups excluding carboxylic acids is 1. The van der Waals surface area contributed by atoms with Gasteiger partial charge in [-0.25, -0.2) is 4.98 Å². The maximum atomic E-state index is 12.0. The van der Waals surface area contributed by atoms with Crippen LogP contribution >= 0.6 is 34.5 Å². The number of halogens is 2. The van der Waals surface area contributed by atoms with Crippen LogP contribution in [0.4, 0.5) is 5.69 Å². The molecule has 0 fully saturated rings. The Morgan fingerprint density at radius 2 is 1.95 bits per heavy atom. The normalized spacial score (nSPS) is 10.5. The van der Waals surface area contributed by atoms with Gasteiger partial charge in [-0.3, -0.25) is 4.79 Å². The number of nitrogens with one attached hydrogen (secondary N) is 1. The molecule has 0 saturated heterocycles. The van der Waals surface area contributed by atoms with Crippen molar-refractivity contribution in [2.45, 2.75) is 20.3 Å². The van der Waals surface area contributed by atoms with Crippen molar-refractivity contribution in [3.8, 4) is 0 Å². The second-order valence-corrected chi connectivity index (χ2v) is 6.17. The van der Waals surface area contributed by atoms with Crippen LogP contribution in [0.1, 0.15) is 15.6 Å². The second kappa shape index (κ2) is 5.90. The Kier molecular flexibility index (Phi) is 4.45. The number of amides is 1. The molecule has 0 spiro atoms. The van der Waals surface area contributed by atoms with Crippen LogP contribution in [0.3, 0.4) is 0 Å². The summed E-state index contributed by atoms with van der Waals surface area (Å²) in [7, 11) is 0. The molecule has 0 aliphatic carbocycles. The average Bonchev–Trinajstić information content (AvgIpc) is 2.63. The molecule has 1 aromatic heterocycles. The molecule has 1 heterocycles. The van der Waals surface area contributed by atoms with E-state index in [1.165, 1.54) is 11.3 Å². The van der Waals surface area contributed by atoms with E-state index >= 15 is 0 Å². The van der Waals surface area contributed by atoms with Crippen molar-refractivity contribution in [1.29, 1.82) is 0 Å². The summed E-state index contributed by atoms with van der Waals surface area (Å²) < 4.78 is 0. The average molecular weight is 315 g/mol. The van der Waals surface area contributed by atoms with E-state index in [2.05, 4.69) is 10.3 Å². The topological polar surface area (TPSA) is 42.0 Å². The SMILES string of the molecule is Cc1nc(C)c(CC(=O)Nc2c(Cl)cccc2Cl)s1. The maximum absolute atomic E-state index is 12.0. The molecule has 3 nitrogen and oxygen atoms in total. The molecule has 1 aromatic carbocycles. The van der Waals surface area contributed by atoms with Crippen LogP contribution in [0.5, 0.6) is 0 Å². The van der Waals surface area contributed by atoms with E-state index in [1.807, 2.05) is 13.8 Å². The van der Waals surface area contributed by atoms with Crippen LogP contribution in [0.2, 0.25) is 10.0 Å². The van der Waals surface area contributed by atoms with Crippen molar-refractivity contribution in [2.24, 2.45) is 0 Å². The van der Waals surface area contributed by atoms with Crippen LogP contribution in [-0.4, -0.2) is 10.9 Å². The molecule has 19 heavy (non-hydrogen) atoms. The van der Waals surface area contributed by atoms with Crippen LogP contribution in [0, 0.1) is 13.8 Å². The van der Waals surface area contributed by atoms with Crippen LogP contribution in [-0.2, 0) is 11.2 Å². The Bertz CT molecular complexity index is 605. The number of carbonyl (C=O) groups is 1. The lowest BCUT2D eigenvalue weighted by molar-refractivity contribution is -0.115. The van der Waals surface area contributed by atoms with Gasteiger partial charge < -0.3 is 5.32 Å². The molecule has 0 atom stereocenters. The number of aromatic nitrogens is 1. The third-order valence-electron chi connectivity index (χ3n) is 2.55. The van der Waals surface area contributed by atoms with Gasteiger partial charge in [0.15, 0.2) is 0 Å². The maximum Gasteiger partial charge on any atom is 0.229 e. The summed E-state index contributed by atoms with van der Waals surface area (Å²) in [6.07, 6.45) is 0.277. The number of hydrogen-bond donors (Lipinski definition) is 1. The Balaban J connectivity index is 2.12. The molecule has 0 saturated carbocycles. The number of anilines is 1. The number of hydrogen-bond acceptors (Lipinski definition) is 3. The van der Waals surface area contributed by atoms with Gasteiger partial charge in [0.05, 0.1) is 32.9 Å². The van der Waals surface area contributed by atoms with Crippen LogP contribution in [0.25, 0.3) is 0 Å². The fourth-order valence-electron chi connectivity index (χ4n) is 1.68. The third-order valence-corrected chi connectivity index (χ3v) is 4.25. The standard InChI is InChI=1S/C13H12Cl2N2OS/c1-7-11(19-8(2)16-7)6-12(18)17-13-9(14)4-3-5-10(13)15/h3-5H,6H2,1-2H3,(H,17,18). The predicted molar refractivity (Wildman–Crippen MR) is 80.4 cm³/mol. The van der Waals surface area contributed by atoms with E-state index in [1.54, 1.807) is 18.2 Å². The molecular formula is C13H12Cl2N2OS. The molecule has 0 bridgehead atoms. The monoisotopic (exact) mass is 314 g/mol. The quantitative estimate of drug-likeness (QED) is 0.920. The lowest BCUT2D eigenvalue weighted by Gasteiger charge is -2.08. The summed E-state index contributed by atoms with van der Waals surface area (Å²) in [5, 5.41) is 4.55. The van der Waals surface area contributed by atoms with Crippen LogP contribution < -0.4 is 5.32 Å². The third kappa shape index (κ3) is 3.47. The van der Waals surface area contributed by atoms with Crippen molar-refractivity contribution < 1.29 is 4.79 Å². The van der Waals surface area contributed by atoms with Crippen LogP contribution in [0.15, 0.2) is 18.2 Å². The summed E-state index contributed by atoms with van der Waals surface area (Å²) in [5.74, 6) is -0.151. The van der Waals surface area contributed by atoms with Gasteiger partial charge >= 0.3 is 0 Å². The highest BCUT2D eigenvalue weighted by molar-refractivity contribution is 7.11. The van der Waals surface area contributed by atoms with Crippen molar-refractivity contribution in [3.05, 3.63) is 43.8 Å². The zero-order chi connectivity index (χ0) is 14.0. The van der Waals surface area contributed by atoms with Gasteiger partial charge in [0, 0.05) is 4.88 Å². The lowest BCUT2D eigenvalue weighted by Crippen LogP contribution is -2.14. The van der Waals surface area contributed by atoms with Crippen molar-refractivity contribution >= 4 is 46.1 Å². The first kappa shape index (κ1) is 14.3. The molecule has 1 amide bonds. The highest BCUT2D eigenvalue weighted by atomic mass is 35.5. The Hall–Kier alpha value is -1.10. The Morgan fingerprint density at radius 3 is 2.47 bits per heavy atom. The van der Waals surface area contributed by atoms with E-state index in [0.717, 1.165) is 15.6 Å². The predicted octanol–water partition coefficient (Wildman–Crippen LogP) is 4.25. The van der Waals surface area contributed by atoms with Crippen molar-refractivity contribution in [1.82, 2.24) is 4.98 Å². The minimum atomic E-state index is -0.151. The van der Waals surface area contributed by atoms with Gasteiger partial charge in [0.1, 0.15) is 0 Å². The van der Waals surface area contributed by atoms with Crippen molar-refractivity contribution in [2.75, 3.05) is 5.32 Å². The second-order valence-electron chi connectivity index (χ2n) is 4.06. The molecule has 2 rings (SSSR count). The van der Waals surface area contributed by atoms with E-state index < -0.39 is 0 Å². The molecular weight excluding hydrogens is 303 g/mol. The Labute approximate surface area is 125 Å². The highest BCUT2D eigenvalue weighted by Gasteiger charge is 2.13. The number of para-hydroxylation sites is 1. The zero-order valence-corrected chi connectivity index (χ0v) is 12.8. The minimum Gasteiger partial charge on any atom is -0.323 e. The fourth-order valence-corrected chi connectivity index (χ4v) is 3.11. The van der Waals surface area contributed by atoms with E-state index in [-0.39, 0.29) is 12.3 Å². The molecule has 0 aliphatic rings. The Morgan fingerprint density at radius 1 is 1.32 bits per heavy atom. The fraction of sp³-hybridized carbons (Fsp3) is 0.231. The summed E-state index contributed by atoms with van der Waals surface area (Å²) >= 11 is 13.5. The number of rotatable bonds is 3. The molecule has 2 aromatic rings. The molecule has 6 heteroatoms. The van der Waals surface area contributed by atoms with Gasteiger partial charge in [-0.15, -0.1) is 11.3 Å². The molecule has 0 radical (unpaired) electrons. The smallest absolute Gasteiger partial charge is 0.229 e. The first-order chi connectivity index (χ1) is 8.97.